The zero-order valence-corrected chi connectivity index (χ0v) is 23.6. The van der Waals surface area contributed by atoms with Gasteiger partial charge in [-0.1, -0.05) is 84.4 Å². The van der Waals surface area contributed by atoms with Crippen LogP contribution < -0.4 is 20.1 Å². The summed E-state index contributed by atoms with van der Waals surface area (Å²) < 4.78 is 10.9. The molecule has 2 N–H and O–H groups in total. The van der Waals surface area contributed by atoms with E-state index in [2.05, 4.69) is 70.1 Å². The minimum Gasteiger partial charge on any atom is -0.454 e. The summed E-state index contributed by atoms with van der Waals surface area (Å²) in [6.45, 7) is 3.03. The zero-order chi connectivity index (χ0) is 28.0. The summed E-state index contributed by atoms with van der Waals surface area (Å²) in [7, 11) is 0. The van der Waals surface area contributed by atoms with E-state index in [1.54, 1.807) is 0 Å². The summed E-state index contributed by atoms with van der Waals surface area (Å²) in [5, 5.41) is 7.59. The van der Waals surface area contributed by atoms with Gasteiger partial charge in [-0.2, -0.15) is 0 Å². The van der Waals surface area contributed by atoms with Crippen LogP contribution in [0, 0.1) is 0 Å². The van der Waals surface area contributed by atoms with Crippen molar-refractivity contribution in [2.75, 3.05) is 19.9 Å². The SMILES string of the molecule is O=C(NCCc1ccc2c(c1)OCO2)[C@@H]1C[C@@H](NCc2ccc(-c3ccccc3)cc2)CN1Cc1cccc(Cl)c1. The first kappa shape index (κ1) is 27.3. The van der Waals surface area contributed by atoms with Crippen LogP contribution in [-0.4, -0.2) is 42.8 Å². The van der Waals surface area contributed by atoms with Gasteiger partial charge >= 0.3 is 0 Å². The first-order valence-corrected chi connectivity index (χ1v) is 14.5. The molecule has 6 nitrogen and oxygen atoms in total. The Balaban J connectivity index is 1.07. The summed E-state index contributed by atoms with van der Waals surface area (Å²) in [5.74, 6) is 1.59. The van der Waals surface area contributed by atoms with Crippen molar-refractivity contribution >= 4 is 17.5 Å². The van der Waals surface area contributed by atoms with E-state index in [4.69, 9.17) is 21.1 Å². The molecule has 2 aliphatic heterocycles. The van der Waals surface area contributed by atoms with Gasteiger partial charge in [0.1, 0.15) is 0 Å². The van der Waals surface area contributed by atoms with E-state index < -0.39 is 0 Å². The minimum atomic E-state index is -0.219. The number of carbonyl (C=O) groups excluding carboxylic acids is 1. The number of carbonyl (C=O) groups is 1. The Kier molecular flexibility index (Phi) is 8.52. The van der Waals surface area contributed by atoms with Gasteiger partial charge in [0, 0.05) is 37.2 Å². The van der Waals surface area contributed by atoms with Crippen LogP contribution in [0.25, 0.3) is 11.1 Å². The second-order valence-electron chi connectivity index (χ2n) is 10.7. The lowest BCUT2D eigenvalue weighted by Gasteiger charge is -2.23. The number of nitrogens with zero attached hydrogens (tertiary/aromatic N) is 1. The van der Waals surface area contributed by atoms with Gasteiger partial charge in [-0.15, -0.1) is 0 Å². The maximum Gasteiger partial charge on any atom is 0.237 e. The molecule has 1 amide bonds. The highest BCUT2D eigenvalue weighted by Crippen LogP contribution is 2.32. The highest BCUT2D eigenvalue weighted by Gasteiger charge is 2.36. The van der Waals surface area contributed by atoms with Gasteiger partial charge in [0.2, 0.25) is 12.7 Å². The van der Waals surface area contributed by atoms with Gasteiger partial charge in [-0.25, -0.2) is 0 Å². The number of nitrogens with one attached hydrogen (secondary N) is 2. The fraction of sp³-hybridized carbons (Fsp3) is 0.265. The molecular weight excluding hydrogens is 534 g/mol. The number of benzene rings is 4. The van der Waals surface area contributed by atoms with Crippen LogP contribution in [0.1, 0.15) is 23.1 Å². The third-order valence-electron chi connectivity index (χ3n) is 7.79. The fourth-order valence-corrected chi connectivity index (χ4v) is 5.83. The molecule has 2 heterocycles. The molecular formula is C34H34ClN3O3. The molecule has 0 bridgehead atoms. The lowest BCUT2D eigenvalue weighted by molar-refractivity contribution is -0.125. The predicted octanol–water partition coefficient (Wildman–Crippen LogP) is 5.83. The van der Waals surface area contributed by atoms with Crippen LogP contribution in [0.2, 0.25) is 5.02 Å². The lowest BCUT2D eigenvalue weighted by atomic mass is 10.0. The Bertz CT molecular complexity index is 1480. The number of hydrogen-bond acceptors (Lipinski definition) is 5. The van der Waals surface area contributed by atoms with Crippen LogP contribution >= 0.6 is 11.6 Å². The molecule has 0 aliphatic carbocycles. The van der Waals surface area contributed by atoms with Crippen molar-refractivity contribution in [3.05, 3.63) is 119 Å². The summed E-state index contributed by atoms with van der Waals surface area (Å²) in [4.78, 5) is 15.7. The van der Waals surface area contributed by atoms with Crippen molar-refractivity contribution in [1.82, 2.24) is 15.5 Å². The number of halogens is 1. The van der Waals surface area contributed by atoms with E-state index in [-0.39, 0.29) is 24.8 Å². The number of rotatable bonds is 10. The van der Waals surface area contributed by atoms with Crippen LogP contribution in [0.5, 0.6) is 11.5 Å². The number of amides is 1. The summed E-state index contributed by atoms with van der Waals surface area (Å²) in [6, 6.07) is 32.9. The molecule has 4 aromatic rings. The maximum atomic E-state index is 13.4. The van der Waals surface area contributed by atoms with Crippen LogP contribution in [0.4, 0.5) is 0 Å². The summed E-state index contributed by atoms with van der Waals surface area (Å²) in [6.07, 6.45) is 1.47. The molecule has 1 fully saturated rings. The van der Waals surface area contributed by atoms with Crippen molar-refractivity contribution in [2.24, 2.45) is 0 Å². The summed E-state index contributed by atoms with van der Waals surface area (Å²) >= 11 is 6.26. The highest BCUT2D eigenvalue weighted by molar-refractivity contribution is 6.30. The van der Waals surface area contributed by atoms with Crippen LogP contribution in [0.3, 0.4) is 0 Å². The van der Waals surface area contributed by atoms with Gasteiger partial charge in [0.15, 0.2) is 11.5 Å². The average Bonchev–Trinajstić information content (AvgIpc) is 3.63. The maximum absolute atomic E-state index is 13.4. The molecule has 210 valence electrons. The summed E-state index contributed by atoms with van der Waals surface area (Å²) in [5.41, 5.74) is 5.86. The number of likely N-dealkylation sites (tertiary alicyclic amines) is 1. The van der Waals surface area contributed by atoms with E-state index in [0.717, 1.165) is 48.6 Å². The second kappa shape index (κ2) is 12.8. The number of ether oxygens (including phenoxy) is 2. The van der Waals surface area contributed by atoms with E-state index in [1.807, 2.05) is 42.5 Å². The molecule has 0 saturated carbocycles. The topological polar surface area (TPSA) is 62.8 Å². The molecule has 2 atom stereocenters. The minimum absolute atomic E-state index is 0.0595. The fourth-order valence-electron chi connectivity index (χ4n) is 5.62. The zero-order valence-electron chi connectivity index (χ0n) is 22.9. The predicted molar refractivity (Wildman–Crippen MR) is 162 cm³/mol. The molecule has 0 aromatic heterocycles. The number of hydrogen-bond donors (Lipinski definition) is 2. The van der Waals surface area contributed by atoms with Crippen molar-refractivity contribution in [3.8, 4) is 22.6 Å². The Hall–Kier alpha value is -3.84. The van der Waals surface area contributed by atoms with E-state index in [9.17, 15) is 4.79 Å². The highest BCUT2D eigenvalue weighted by atomic mass is 35.5. The largest absolute Gasteiger partial charge is 0.454 e. The smallest absolute Gasteiger partial charge is 0.237 e. The van der Waals surface area contributed by atoms with Gasteiger partial charge in [-0.3, -0.25) is 9.69 Å². The molecule has 0 unspecified atom stereocenters. The second-order valence-corrected chi connectivity index (χ2v) is 11.1. The van der Waals surface area contributed by atoms with E-state index in [0.29, 0.717) is 18.1 Å². The van der Waals surface area contributed by atoms with Crippen molar-refractivity contribution in [2.45, 2.75) is 38.0 Å². The molecule has 1 saturated heterocycles. The average molecular weight is 568 g/mol. The molecule has 2 aliphatic rings. The Morgan fingerprint density at radius 2 is 1.61 bits per heavy atom. The van der Waals surface area contributed by atoms with Gasteiger partial charge in [-0.05, 0) is 64.9 Å². The van der Waals surface area contributed by atoms with Gasteiger partial charge in [0.05, 0.1) is 6.04 Å². The first-order valence-electron chi connectivity index (χ1n) is 14.1. The molecule has 41 heavy (non-hydrogen) atoms. The van der Waals surface area contributed by atoms with E-state index >= 15 is 0 Å². The van der Waals surface area contributed by atoms with Gasteiger partial charge in [0.25, 0.3) is 0 Å². The van der Waals surface area contributed by atoms with Crippen molar-refractivity contribution < 1.29 is 14.3 Å². The quantitative estimate of drug-likeness (QED) is 0.253. The third-order valence-corrected chi connectivity index (χ3v) is 8.02. The normalized spacial score (nSPS) is 18.0. The van der Waals surface area contributed by atoms with E-state index in [1.165, 1.54) is 16.7 Å². The Morgan fingerprint density at radius 1 is 0.829 bits per heavy atom. The Labute approximate surface area is 246 Å². The molecule has 0 radical (unpaired) electrons. The third kappa shape index (κ3) is 6.91. The molecule has 7 heteroatoms. The van der Waals surface area contributed by atoms with Crippen molar-refractivity contribution in [3.63, 3.8) is 0 Å². The monoisotopic (exact) mass is 567 g/mol. The lowest BCUT2D eigenvalue weighted by Crippen LogP contribution is -2.43. The standard InChI is InChI=1S/C34H34ClN3O3/c35-29-8-4-5-26(17-29)21-38-22-30(37-20-25-9-12-28(13-10-25)27-6-2-1-3-7-27)19-31(38)34(39)36-16-15-24-11-14-32-33(18-24)41-23-40-32/h1-14,17-18,30-31,37H,15-16,19-23H2,(H,36,39)/t30-,31+/m1/s1. The van der Waals surface area contributed by atoms with Crippen molar-refractivity contribution in [1.29, 1.82) is 0 Å². The Morgan fingerprint density at radius 3 is 2.44 bits per heavy atom. The molecule has 6 rings (SSSR count). The van der Waals surface area contributed by atoms with Gasteiger partial charge < -0.3 is 20.1 Å². The van der Waals surface area contributed by atoms with Crippen LogP contribution in [0.15, 0.2) is 97.1 Å². The molecule has 4 aromatic carbocycles. The first-order chi connectivity index (χ1) is 20.1. The molecule has 0 spiro atoms. The number of fused-ring (bicyclic) bond motifs is 1. The van der Waals surface area contributed by atoms with Crippen LogP contribution in [-0.2, 0) is 24.3 Å².